The molecule has 1 atom stereocenters. The maximum Gasteiger partial charge on any atom is 0.416 e. The Balaban J connectivity index is 1.52. The summed E-state index contributed by atoms with van der Waals surface area (Å²) in [6.45, 7) is 0.616. The maximum absolute atomic E-state index is 12.8. The van der Waals surface area contributed by atoms with Crippen molar-refractivity contribution in [2.24, 2.45) is 0 Å². The molecule has 1 unspecified atom stereocenters. The van der Waals surface area contributed by atoms with Gasteiger partial charge in [0.25, 0.3) is 5.91 Å². The molecule has 0 N–H and O–H groups in total. The summed E-state index contributed by atoms with van der Waals surface area (Å²) in [5.74, 6) is -0.180. The predicted octanol–water partition coefficient (Wildman–Crippen LogP) is 4.46. The number of hydrogen-bond acceptors (Lipinski definition) is 4. The van der Waals surface area contributed by atoms with Crippen LogP contribution in [-0.4, -0.2) is 32.3 Å². The largest absolute Gasteiger partial charge is 0.416 e. The molecule has 2 aromatic heterocycles. The highest BCUT2D eigenvalue weighted by Crippen LogP contribution is 2.32. The van der Waals surface area contributed by atoms with Gasteiger partial charge in [0.05, 0.1) is 23.5 Å². The van der Waals surface area contributed by atoms with Crippen LogP contribution in [0.5, 0.6) is 0 Å². The molecule has 8 heteroatoms. The Morgan fingerprint density at radius 2 is 1.90 bits per heavy atom. The van der Waals surface area contributed by atoms with Crippen LogP contribution in [0.3, 0.4) is 0 Å². The van der Waals surface area contributed by atoms with Gasteiger partial charge in [0.15, 0.2) is 0 Å². The Kier molecular flexibility index (Phi) is 5.48. The van der Waals surface area contributed by atoms with Gasteiger partial charge >= 0.3 is 6.18 Å². The Bertz CT molecular complexity index is 1020. The number of aromatic nitrogens is 3. The lowest BCUT2D eigenvalue weighted by molar-refractivity contribution is -0.137. The van der Waals surface area contributed by atoms with Gasteiger partial charge in [0, 0.05) is 31.1 Å². The van der Waals surface area contributed by atoms with E-state index in [2.05, 4.69) is 9.97 Å². The van der Waals surface area contributed by atoms with E-state index in [1.54, 1.807) is 4.90 Å². The Morgan fingerprint density at radius 1 is 1.10 bits per heavy atom. The van der Waals surface area contributed by atoms with Crippen molar-refractivity contribution in [2.45, 2.75) is 31.5 Å². The number of pyridine rings is 1. The summed E-state index contributed by atoms with van der Waals surface area (Å²) in [6.07, 6.45) is 2.18. The van der Waals surface area contributed by atoms with E-state index in [1.807, 2.05) is 18.2 Å². The number of nitrogens with zero attached hydrogens (tertiary/aromatic N) is 4. The highest BCUT2D eigenvalue weighted by atomic mass is 19.4. The van der Waals surface area contributed by atoms with Crippen molar-refractivity contribution in [3.8, 4) is 0 Å². The van der Waals surface area contributed by atoms with Crippen LogP contribution in [0.25, 0.3) is 0 Å². The lowest BCUT2D eigenvalue weighted by Crippen LogP contribution is -2.31. The summed E-state index contributed by atoms with van der Waals surface area (Å²) in [7, 11) is 0. The van der Waals surface area contributed by atoms with Crippen molar-refractivity contribution in [1.82, 2.24) is 19.9 Å². The molecule has 1 aliphatic rings. The molecule has 5 nitrogen and oxygen atoms in total. The maximum atomic E-state index is 12.8. The first kappa shape index (κ1) is 20.0. The fourth-order valence-corrected chi connectivity index (χ4v) is 3.68. The molecule has 1 fully saturated rings. The summed E-state index contributed by atoms with van der Waals surface area (Å²) in [6, 6.07) is 10.5. The average molecular weight is 412 g/mol. The molecule has 1 aliphatic heterocycles. The smallest absolute Gasteiger partial charge is 0.329 e. The average Bonchev–Trinajstić information content (AvgIpc) is 3.24. The third-order valence-electron chi connectivity index (χ3n) is 5.13. The van der Waals surface area contributed by atoms with Gasteiger partial charge in [-0.2, -0.15) is 13.2 Å². The van der Waals surface area contributed by atoms with Crippen molar-refractivity contribution in [2.75, 3.05) is 6.54 Å². The highest BCUT2D eigenvalue weighted by Gasteiger charge is 2.32. The Morgan fingerprint density at radius 3 is 2.60 bits per heavy atom. The van der Waals surface area contributed by atoms with Crippen molar-refractivity contribution < 1.29 is 18.0 Å². The van der Waals surface area contributed by atoms with Crippen molar-refractivity contribution >= 4 is 5.91 Å². The zero-order valence-electron chi connectivity index (χ0n) is 16.0. The Labute approximate surface area is 171 Å². The quantitative estimate of drug-likeness (QED) is 0.635. The standard InChI is InChI=1S/C22H19F3N4O/c23-22(24,25)16-8-6-15(7-9-16)13-17-3-1-4-18(28-17)20-5-2-12-29(20)21(30)19-14-26-10-11-27-19/h1,3-4,6-11,14,20H,2,5,12-13H2. The number of hydrogen-bond donors (Lipinski definition) is 0. The van der Waals surface area contributed by atoms with Gasteiger partial charge in [0.2, 0.25) is 0 Å². The molecule has 0 saturated carbocycles. The van der Waals surface area contributed by atoms with Crippen LogP contribution in [0.15, 0.2) is 61.1 Å². The third-order valence-corrected chi connectivity index (χ3v) is 5.13. The van der Waals surface area contributed by atoms with Gasteiger partial charge in [-0.3, -0.25) is 14.8 Å². The van der Waals surface area contributed by atoms with Crippen LogP contribution in [0.1, 0.15) is 51.9 Å². The van der Waals surface area contributed by atoms with Crippen molar-refractivity contribution in [3.63, 3.8) is 0 Å². The van der Waals surface area contributed by atoms with Crippen LogP contribution in [0.4, 0.5) is 13.2 Å². The molecular weight excluding hydrogens is 393 g/mol. The lowest BCUT2D eigenvalue weighted by Gasteiger charge is -2.24. The second-order valence-corrected chi connectivity index (χ2v) is 7.17. The molecule has 4 rings (SSSR count). The number of benzene rings is 1. The molecular formula is C22H19F3N4O. The van der Waals surface area contributed by atoms with Crippen LogP contribution < -0.4 is 0 Å². The second-order valence-electron chi connectivity index (χ2n) is 7.17. The van der Waals surface area contributed by atoms with Crippen molar-refractivity contribution in [1.29, 1.82) is 0 Å². The highest BCUT2D eigenvalue weighted by molar-refractivity contribution is 5.92. The molecule has 1 amide bonds. The van der Waals surface area contributed by atoms with E-state index in [9.17, 15) is 18.0 Å². The van der Waals surface area contributed by atoms with Crippen LogP contribution in [0, 0.1) is 0 Å². The number of carbonyl (C=O) groups is 1. The zero-order chi connectivity index (χ0) is 21.1. The fourth-order valence-electron chi connectivity index (χ4n) is 3.68. The molecule has 154 valence electrons. The molecule has 0 aliphatic carbocycles. The van der Waals surface area contributed by atoms with Gasteiger partial charge < -0.3 is 4.90 Å². The first-order valence-electron chi connectivity index (χ1n) is 9.61. The van der Waals surface area contributed by atoms with E-state index in [-0.39, 0.29) is 11.9 Å². The lowest BCUT2D eigenvalue weighted by atomic mass is 10.1. The predicted molar refractivity (Wildman–Crippen MR) is 104 cm³/mol. The van der Waals surface area contributed by atoms with E-state index in [0.29, 0.717) is 18.7 Å². The summed E-state index contributed by atoms with van der Waals surface area (Å²) < 4.78 is 38.2. The first-order chi connectivity index (χ1) is 14.4. The van der Waals surface area contributed by atoms with Gasteiger partial charge in [-0.05, 0) is 42.7 Å². The molecule has 0 bridgehead atoms. The molecule has 30 heavy (non-hydrogen) atoms. The number of alkyl halides is 3. The van der Waals surface area contributed by atoms with Gasteiger partial charge in [-0.25, -0.2) is 4.98 Å². The van der Waals surface area contributed by atoms with Gasteiger partial charge in [-0.1, -0.05) is 18.2 Å². The van der Waals surface area contributed by atoms with E-state index in [0.717, 1.165) is 41.9 Å². The Hall–Kier alpha value is -3.29. The van der Waals surface area contributed by atoms with E-state index < -0.39 is 11.7 Å². The number of halogens is 3. The number of carbonyl (C=O) groups excluding carboxylic acids is 1. The molecule has 1 saturated heterocycles. The van der Waals surface area contributed by atoms with E-state index >= 15 is 0 Å². The molecule has 3 aromatic rings. The summed E-state index contributed by atoms with van der Waals surface area (Å²) in [4.78, 5) is 27.3. The number of rotatable bonds is 4. The van der Waals surface area contributed by atoms with E-state index in [4.69, 9.17) is 4.98 Å². The zero-order valence-corrected chi connectivity index (χ0v) is 16.0. The summed E-state index contributed by atoms with van der Waals surface area (Å²) >= 11 is 0. The van der Waals surface area contributed by atoms with Crippen LogP contribution >= 0.6 is 0 Å². The van der Waals surface area contributed by atoms with Gasteiger partial charge in [-0.15, -0.1) is 0 Å². The minimum Gasteiger partial charge on any atom is -0.329 e. The molecule has 0 spiro atoms. The van der Waals surface area contributed by atoms with Crippen LogP contribution in [-0.2, 0) is 12.6 Å². The first-order valence-corrected chi connectivity index (χ1v) is 9.61. The molecule has 0 radical (unpaired) electrons. The minimum atomic E-state index is -4.35. The van der Waals surface area contributed by atoms with Gasteiger partial charge in [0.1, 0.15) is 5.69 Å². The fraction of sp³-hybridized carbons (Fsp3) is 0.273. The van der Waals surface area contributed by atoms with E-state index in [1.165, 1.54) is 30.7 Å². The minimum absolute atomic E-state index is 0.160. The summed E-state index contributed by atoms with van der Waals surface area (Å²) in [5.41, 5.74) is 1.88. The topological polar surface area (TPSA) is 59.0 Å². The van der Waals surface area contributed by atoms with Crippen molar-refractivity contribution in [3.05, 3.63) is 89.3 Å². The molecule has 1 aromatic carbocycles. The number of amides is 1. The second kappa shape index (κ2) is 8.22. The number of likely N-dealkylation sites (tertiary alicyclic amines) is 1. The third kappa shape index (κ3) is 4.32. The molecule has 3 heterocycles. The van der Waals surface area contributed by atoms with Crippen LogP contribution in [0.2, 0.25) is 0 Å². The SMILES string of the molecule is O=C(c1cnccn1)N1CCCC1c1cccc(Cc2ccc(C(F)(F)F)cc2)n1. The monoisotopic (exact) mass is 412 g/mol. The summed E-state index contributed by atoms with van der Waals surface area (Å²) in [5, 5.41) is 0. The normalized spacial score (nSPS) is 16.6.